The van der Waals surface area contributed by atoms with E-state index >= 15 is 0 Å². The third-order valence-corrected chi connectivity index (χ3v) is 7.06. The van der Waals surface area contributed by atoms with Crippen LogP contribution in [0.15, 0.2) is 78.6 Å². The molecule has 6 nitrogen and oxygen atoms in total. The number of carbonyl (C=O) groups is 1. The van der Waals surface area contributed by atoms with Gasteiger partial charge in [0.25, 0.3) is 0 Å². The molecule has 0 bridgehead atoms. The van der Waals surface area contributed by atoms with Gasteiger partial charge in [-0.2, -0.15) is 0 Å². The van der Waals surface area contributed by atoms with Crippen LogP contribution in [-0.4, -0.2) is 20.6 Å². The van der Waals surface area contributed by atoms with E-state index in [1.54, 1.807) is 12.1 Å². The van der Waals surface area contributed by atoms with Gasteiger partial charge in [-0.25, -0.2) is 9.78 Å². The van der Waals surface area contributed by atoms with Crippen molar-refractivity contribution in [1.29, 1.82) is 0 Å². The molecule has 1 saturated carbocycles. The molecule has 0 saturated heterocycles. The van der Waals surface area contributed by atoms with Gasteiger partial charge in [0.2, 0.25) is 0 Å². The fraction of sp³-hybridized carbons (Fsp3) is 0.312. The number of benzene rings is 3. The Labute approximate surface area is 223 Å². The van der Waals surface area contributed by atoms with E-state index in [1.807, 2.05) is 54.6 Å². The highest BCUT2D eigenvalue weighted by Crippen LogP contribution is 2.37. The lowest BCUT2D eigenvalue weighted by Crippen LogP contribution is -2.14. The van der Waals surface area contributed by atoms with E-state index in [-0.39, 0.29) is 5.56 Å². The van der Waals surface area contributed by atoms with Crippen LogP contribution in [0.1, 0.15) is 75.2 Å². The van der Waals surface area contributed by atoms with Crippen LogP contribution in [0.25, 0.3) is 22.4 Å². The molecule has 3 aromatic carbocycles. The number of ether oxygens (including phenoxy) is 2. The first-order valence-electron chi connectivity index (χ1n) is 13.6. The molecule has 0 spiro atoms. The van der Waals surface area contributed by atoms with Crippen LogP contribution in [0.5, 0.6) is 17.2 Å². The van der Waals surface area contributed by atoms with Gasteiger partial charge < -0.3 is 19.1 Å². The summed E-state index contributed by atoms with van der Waals surface area (Å²) >= 11 is 0. The summed E-state index contributed by atoms with van der Waals surface area (Å²) in [5.74, 6) is 3.06. The highest BCUT2D eigenvalue weighted by molar-refractivity contribution is 5.93. The summed E-state index contributed by atoms with van der Waals surface area (Å²) in [7, 11) is 0. The van der Waals surface area contributed by atoms with E-state index < -0.39 is 5.97 Å². The highest BCUT2D eigenvalue weighted by Gasteiger charge is 2.23. The van der Waals surface area contributed by atoms with Gasteiger partial charge in [0.15, 0.2) is 0 Å². The van der Waals surface area contributed by atoms with Crippen molar-refractivity contribution in [2.75, 3.05) is 0 Å². The zero-order valence-electron chi connectivity index (χ0n) is 22.0. The molecule has 1 heterocycles. The minimum atomic E-state index is -0.941. The Morgan fingerprint density at radius 2 is 1.74 bits per heavy atom. The maximum Gasteiger partial charge on any atom is 0.335 e. The molecule has 1 aliphatic carbocycles. The van der Waals surface area contributed by atoms with Gasteiger partial charge in [-0.1, -0.05) is 39.2 Å². The van der Waals surface area contributed by atoms with Crippen LogP contribution in [0.3, 0.4) is 0 Å². The Morgan fingerprint density at radius 3 is 2.45 bits per heavy atom. The molecule has 1 fully saturated rings. The van der Waals surface area contributed by atoms with E-state index in [0.717, 1.165) is 59.8 Å². The van der Waals surface area contributed by atoms with Crippen molar-refractivity contribution in [3.8, 4) is 28.6 Å². The third-order valence-electron chi connectivity index (χ3n) is 7.06. The largest absolute Gasteiger partial charge is 0.478 e. The molecule has 4 aromatic rings. The monoisotopic (exact) mass is 510 g/mol. The normalized spacial score (nSPS) is 14.5. The second-order valence-electron chi connectivity index (χ2n) is 9.74. The summed E-state index contributed by atoms with van der Waals surface area (Å²) in [4.78, 5) is 16.5. The maximum atomic E-state index is 11.6. The van der Waals surface area contributed by atoms with E-state index in [9.17, 15) is 9.90 Å². The van der Waals surface area contributed by atoms with Crippen molar-refractivity contribution in [2.45, 2.75) is 64.8 Å². The molecular formula is C32H34N2O4. The molecule has 0 atom stereocenters. The summed E-state index contributed by atoms with van der Waals surface area (Å²) in [6, 6.07) is 21.2. The van der Waals surface area contributed by atoms with Gasteiger partial charge in [0.05, 0.1) is 22.4 Å². The van der Waals surface area contributed by atoms with E-state index in [1.165, 1.54) is 19.3 Å². The Balaban J connectivity index is 1.42. The lowest BCUT2D eigenvalue weighted by molar-refractivity contribution is 0.0697. The number of aromatic nitrogens is 2. The van der Waals surface area contributed by atoms with Crippen LogP contribution < -0.4 is 9.47 Å². The van der Waals surface area contributed by atoms with Crippen molar-refractivity contribution in [3.63, 3.8) is 0 Å². The number of carboxylic acid groups (broad SMARTS) is 1. The summed E-state index contributed by atoms with van der Waals surface area (Å²) < 4.78 is 14.5. The first kappa shape index (κ1) is 25.6. The molecular weight excluding hydrogens is 476 g/mol. The number of imidazole rings is 1. The van der Waals surface area contributed by atoms with E-state index in [4.69, 9.17) is 14.5 Å². The molecule has 0 aliphatic heterocycles. The quantitative estimate of drug-likeness (QED) is 0.228. The minimum absolute atomic E-state index is 0.253. The minimum Gasteiger partial charge on any atom is -0.478 e. The van der Waals surface area contributed by atoms with Crippen molar-refractivity contribution in [1.82, 2.24) is 9.55 Å². The smallest absolute Gasteiger partial charge is 0.335 e. The maximum absolute atomic E-state index is 11.6. The Morgan fingerprint density at radius 1 is 0.974 bits per heavy atom. The molecule has 196 valence electrons. The average Bonchev–Trinajstić information content (AvgIpc) is 3.33. The zero-order valence-corrected chi connectivity index (χ0v) is 22.0. The van der Waals surface area contributed by atoms with Crippen molar-refractivity contribution in [3.05, 3.63) is 84.1 Å². The topological polar surface area (TPSA) is 73.6 Å². The second-order valence-corrected chi connectivity index (χ2v) is 9.74. The van der Waals surface area contributed by atoms with Crippen LogP contribution in [0.2, 0.25) is 0 Å². The molecule has 1 aromatic heterocycles. The summed E-state index contributed by atoms with van der Waals surface area (Å²) in [5.41, 5.74) is 2.93. The highest BCUT2D eigenvalue weighted by atomic mass is 16.5. The van der Waals surface area contributed by atoms with Crippen molar-refractivity contribution in [2.24, 2.45) is 0 Å². The Kier molecular flexibility index (Phi) is 7.78. The first-order valence-corrected chi connectivity index (χ1v) is 13.6. The number of allylic oxidation sites excluding steroid dienone is 2. The number of carboxylic acids is 1. The Hall–Kier alpha value is -4.06. The molecule has 0 unspecified atom stereocenters. The molecule has 0 radical (unpaired) electrons. The number of rotatable bonds is 9. The summed E-state index contributed by atoms with van der Waals surface area (Å²) in [6.45, 7) is 4.18. The van der Waals surface area contributed by atoms with E-state index in [2.05, 4.69) is 24.5 Å². The van der Waals surface area contributed by atoms with Crippen LogP contribution in [0.4, 0.5) is 0 Å². The number of hydrogen-bond donors (Lipinski definition) is 1. The SMILES string of the molecule is CCC=C(CC)Oc1cccc(Oc2ccc(-c3nc4cc(C(=O)O)ccc4n3C3CCCCC3)cc2)c1. The predicted molar refractivity (Wildman–Crippen MR) is 150 cm³/mol. The number of nitrogens with zero attached hydrogens (tertiary/aromatic N) is 2. The first-order chi connectivity index (χ1) is 18.6. The van der Waals surface area contributed by atoms with Crippen LogP contribution >= 0.6 is 0 Å². The fourth-order valence-electron chi connectivity index (χ4n) is 5.19. The summed E-state index contributed by atoms with van der Waals surface area (Å²) in [6.07, 6.45) is 9.72. The molecule has 6 heteroatoms. The molecule has 38 heavy (non-hydrogen) atoms. The van der Waals surface area contributed by atoms with Crippen molar-refractivity contribution < 1.29 is 19.4 Å². The molecule has 5 rings (SSSR count). The molecule has 1 aliphatic rings. The van der Waals surface area contributed by atoms with Crippen molar-refractivity contribution >= 4 is 17.0 Å². The lowest BCUT2D eigenvalue weighted by atomic mass is 9.95. The number of hydrogen-bond acceptors (Lipinski definition) is 4. The van der Waals surface area contributed by atoms with Gasteiger partial charge in [0, 0.05) is 24.1 Å². The fourth-order valence-corrected chi connectivity index (χ4v) is 5.19. The Bertz CT molecular complexity index is 1450. The van der Waals surface area contributed by atoms with Crippen LogP contribution in [0, 0.1) is 0 Å². The van der Waals surface area contributed by atoms with E-state index in [0.29, 0.717) is 17.3 Å². The number of aromatic carboxylic acids is 1. The van der Waals surface area contributed by atoms with Gasteiger partial charge >= 0.3 is 5.97 Å². The predicted octanol–water partition coefficient (Wildman–Crippen LogP) is 8.78. The van der Waals surface area contributed by atoms with Gasteiger partial charge in [-0.05, 0) is 79.9 Å². The van der Waals surface area contributed by atoms with Gasteiger partial charge in [0.1, 0.15) is 23.1 Å². The molecule has 0 amide bonds. The van der Waals surface area contributed by atoms with Gasteiger partial charge in [-0.3, -0.25) is 0 Å². The average molecular weight is 511 g/mol. The standard InChI is InChI=1S/C32H34N2O4/c1-3-9-25(4-2)37-27-12-8-13-28(21-27)38-26-17-14-22(15-18-26)31-33-29-20-23(32(35)36)16-19-30(29)34(31)24-10-6-5-7-11-24/h8-9,12-21,24H,3-7,10-11H2,1-2H3,(H,35,36). The lowest BCUT2D eigenvalue weighted by Gasteiger charge is -2.25. The summed E-state index contributed by atoms with van der Waals surface area (Å²) in [5, 5.41) is 9.48. The van der Waals surface area contributed by atoms with Crippen LogP contribution in [-0.2, 0) is 0 Å². The third kappa shape index (κ3) is 5.59. The number of fused-ring (bicyclic) bond motifs is 1. The molecule has 1 N–H and O–H groups in total. The zero-order chi connectivity index (χ0) is 26.5. The van der Waals surface area contributed by atoms with Gasteiger partial charge in [-0.15, -0.1) is 0 Å². The second kappa shape index (κ2) is 11.5.